The van der Waals surface area contributed by atoms with Crippen molar-refractivity contribution in [1.82, 2.24) is 5.32 Å². The Morgan fingerprint density at radius 2 is 2.06 bits per heavy atom. The van der Waals surface area contributed by atoms with Crippen molar-refractivity contribution in [1.29, 1.82) is 0 Å². The second-order valence-corrected chi connectivity index (χ2v) is 4.09. The highest BCUT2D eigenvalue weighted by Crippen LogP contribution is 2.17. The normalized spacial score (nSPS) is 12.1. The number of furan rings is 1. The number of hydrogen-bond donors (Lipinski definition) is 2. The van der Waals surface area contributed by atoms with Crippen LogP contribution in [0.25, 0.3) is 0 Å². The first-order valence-corrected chi connectivity index (χ1v) is 5.80. The Bertz CT molecular complexity index is 524. The number of carbonyl (C=O) groups excluding carboxylic acids is 1. The first-order valence-electron chi connectivity index (χ1n) is 5.42. The molecule has 2 aromatic rings. The molecule has 1 heterocycles. The highest BCUT2D eigenvalue weighted by molar-refractivity contribution is 6.32. The molecular weight excluding hydrogens is 254 g/mol. The Morgan fingerprint density at radius 3 is 2.67 bits per heavy atom. The van der Waals surface area contributed by atoms with E-state index < -0.39 is 6.10 Å². The van der Waals surface area contributed by atoms with Gasteiger partial charge < -0.3 is 14.8 Å². The van der Waals surface area contributed by atoms with E-state index in [1.165, 1.54) is 12.3 Å². The fraction of sp³-hybridized carbons (Fsp3) is 0.154. The van der Waals surface area contributed by atoms with Crippen molar-refractivity contribution < 1.29 is 14.3 Å². The smallest absolute Gasteiger partial charge is 0.256 e. The number of hydrogen-bond acceptors (Lipinski definition) is 3. The molecule has 0 aliphatic rings. The molecule has 0 aliphatic heterocycles. The summed E-state index contributed by atoms with van der Waals surface area (Å²) < 4.78 is 4.82. The summed E-state index contributed by atoms with van der Waals surface area (Å²) in [6.45, 7) is 0.115. The first kappa shape index (κ1) is 12.7. The van der Waals surface area contributed by atoms with Crippen molar-refractivity contribution in [3.63, 3.8) is 0 Å². The van der Waals surface area contributed by atoms with Crippen LogP contribution in [0.5, 0.6) is 0 Å². The molecule has 1 aromatic carbocycles. The standard InChI is InChI=1S/C13H12ClNO3/c14-12-10(6-7-18-12)13(17)15-8-11(16)9-4-2-1-3-5-9/h1-7,11,16H,8H2,(H,15,17). The summed E-state index contributed by atoms with van der Waals surface area (Å²) in [5.74, 6) is -0.372. The number of nitrogens with one attached hydrogen (secondary N) is 1. The maximum absolute atomic E-state index is 11.7. The van der Waals surface area contributed by atoms with Gasteiger partial charge in [0.15, 0.2) is 0 Å². The Morgan fingerprint density at radius 1 is 1.33 bits per heavy atom. The third-order valence-electron chi connectivity index (χ3n) is 2.50. The van der Waals surface area contributed by atoms with Gasteiger partial charge in [-0.2, -0.15) is 0 Å². The summed E-state index contributed by atoms with van der Waals surface area (Å²) in [4.78, 5) is 11.7. The summed E-state index contributed by atoms with van der Waals surface area (Å²) in [6.07, 6.45) is 0.589. The monoisotopic (exact) mass is 265 g/mol. The topological polar surface area (TPSA) is 62.5 Å². The molecule has 1 amide bonds. The van der Waals surface area contributed by atoms with E-state index in [0.29, 0.717) is 0 Å². The number of rotatable bonds is 4. The summed E-state index contributed by atoms with van der Waals surface area (Å²) in [5, 5.41) is 12.5. The molecule has 1 unspecified atom stereocenters. The number of benzene rings is 1. The minimum atomic E-state index is -0.749. The lowest BCUT2D eigenvalue weighted by molar-refractivity contribution is 0.0916. The van der Waals surface area contributed by atoms with E-state index in [-0.39, 0.29) is 23.2 Å². The van der Waals surface area contributed by atoms with Gasteiger partial charge in [0.1, 0.15) is 0 Å². The highest BCUT2D eigenvalue weighted by atomic mass is 35.5. The molecule has 0 spiro atoms. The molecule has 2 N–H and O–H groups in total. The summed E-state index contributed by atoms with van der Waals surface area (Å²) >= 11 is 5.68. The van der Waals surface area contributed by atoms with Crippen LogP contribution in [0.1, 0.15) is 22.0 Å². The number of carbonyl (C=O) groups is 1. The van der Waals surface area contributed by atoms with Gasteiger partial charge in [0.05, 0.1) is 17.9 Å². The van der Waals surface area contributed by atoms with Gasteiger partial charge in [-0.15, -0.1) is 0 Å². The van der Waals surface area contributed by atoms with Gasteiger partial charge in [-0.25, -0.2) is 0 Å². The van der Waals surface area contributed by atoms with E-state index in [4.69, 9.17) is 16.0 Å². The SMILES string of the molecule is O=C(NCC(O)c1ccccc1)c1ccoc1Cl. The zero-order valence-corrected chi connectivity index (χ0v) is 10.2. The van der Waals surface area contributed by atoms with Gasteiger partial charge in [0.2, 0.25) is 5.22 Å². The van der Waals surface area contributed by atoms with Crippen LogP contribution in [0.4, 0.5) is 0 Å². The highest BCUT2D eigenvalue weighted by Gasteiger charge is 2.14. The lowest BCUT2D eigenvalue weighted by Crippen LogP contribution is -2.28. The van der Waals surface area contributed by atoms with Crippen LogP contribution in [-0.4, -0.2) is 17.6 Å². The summed E-state index contributed by atoms with van der Waals surface area (Å²) in [5.41, 5.74) is 1.01. The van der Waals surface area contributed by atoms with Gasteiger partial charge in [0, 0.05) is 6.54 Å². The van der Waals surface area contributed by atoms with Crippen molar-refractivity contribution in [3.8, 4) is 0 Å². The molecule has 4 nitrogen and oxygen atoms in total. The zero-order chi connectivity index (χ0) is 13.0. The van der Waals surface area contributed by atoms with Gasteiger partial charge in [-0.05, 0) is 23.2 Å². The third kappa shape index (κ3) is 2.91. The second-order valence-electron chi connectivity index (χ2n) is 3.74. The second kappa shape index (κ2) is 5.71. The van der Waals surface area contributed by atoms with Crippen LogP contribution in [0, 0.1) is 0 Å². The molecule has 5 heteroatoms. The lowest BCUT2D eigenvalue weighted by atomic mass is 10.1. The predicted molar refractivity (Wildman–Crippen MR) is 67.5 cm³/mol. The Balaban J connectivity index is 1.93. The van der Waals surface area contributed by atoms with Crippen LogP contribution in [-0.2, 0) is 0 Å². The molecule has 0 radical (unpaired) electrons. The van der Waals surface area contributed by atoms with Crippen molar-refractivity contribution in [2.75, 3.05) is 6.54 Å². The predicted octanol–water partition coefficient (Wildman–Crippen LogP) is 2.40. The van der Waals surface area contributed by atoms with Gasteiger partial charge in [-0.3, -0.25) is 4.79 Å². The van der Waals surface area contributed by atoms with Gasteiger partial charge >= 0.3 is 0 Å². The van der Waals surface area contributed by atoms with Gasteiger partial charge in [0.25, 0.3) is 5.91 Å². The van der Waals surface area contributed by atoms with Crippen LogP contribution in [0.2, 0.25) is 5.22 Å². The fourth-order valence-corrected chi connectivity index (χ4v) is 1.73. The van der Waals surface area contributed by atoms with Crippen LogP contribution >= 0.6 is 11.6 Å². The number of halogens is 1. The maximum atomic E-state index is 11.7. The average molecular weight is 266 g/mol. The Labute approximate surface area is 109 Å². The fourth-order valence-electron chi connectivity index (χ4n) is 1.53. The van der Waals surface area contributed by atoms with E-state index in [2.05, 4.69) is 5.32 Å². The molecule has 0 aliphatic carbocycles. The van der Waals surface area contributed by atoms with E-state index in [9.17, 15) is 9.90 Å². The van der Waals surface area contributed by atoms with Crippen molar-refractivity contribution in [2.45, 2.75) is 6.10 Å². The van der Waals surface area contributed by atoms with Crippen LogP contribution < -0.4 is 5.32 Å². The van der Waals surface area contributed by atoms with Crippen LogP contribution in [0.3, 0.4) is 0 Å². The summed E-state index contributed by atoms with van der Waals surface area (Å²) in [7, 11) is 0. The van der Waals surface area contributed by atoms with Crippen molar-refractivity contribution in [2.24, 2.45) is 0 Å². The molecule has 1 aromatic heterocycles. The minimum Gasteiger partial charge on any atom is -0.452 e. The van der Waals surface area contributed by atoms with Crippen molar-refractivity contribution in [3.05, 3.63) is 59.0 Å². The maximum Gasteiger partial charge on any atom is 0.256 e. The van der Waals surface area contributed by atoms with E-state index >= 15 is 0 Å². The van der Waals surface area contributed by atoms with E-state index in [1.54, 1.807) is 12.1 Å². The molecule has 94 valence electrons. The molecule has 18 heavy (non-hydrogen) atoms. The zero-order valence-electron chi connectivity index (χ0n) is 9.47. The third-order valence-corrected chi connectivity index (χ3v) is 2.80. The Hall–Kier alpha value is -1.78. The van der Waals surface area contributed by atoms with E-state index in [1.807, 2.05) is 18.2 Å². The van der Waals surface area contributed by atoms with E-state index in [0.717, 1.165) is 5.56 Å². The lowest BCUT2D eigenvalue weighted by Gasteiger charge is -2.11. The van der Waals surface area contributed by atoms with Crippen LogP contribution in [0.15, 0.2) is 47.1 Å². The largest absolute Gasteiger partial charge is 0.452 e. The molecular formula is C13H12ClNO3. The van der Waals surface area contributed by atoms with Crippen molar-refractivity contribution >= 4 is 17.5 Å². The quantitative estimate of drug-likeness (QED) is 0.892. The number of amides is 1. The Kier molecular flexibility index (Phi) is 4.02. The minimum absolute atomic E-state index is 0.0432. The first-order chi connectivity index (χ1) is 8.68. The number of aliphatic hydroxyl groups is 1. The molecule has 1 atom stereocenters. The van der Waals surface area contributed by atoms with Gasteiger partial charge in [-0.1, -0.05) is 30.3 Å². The molecule has 0 bridgehead atoms. The molecule has 2 rings (SSSR count). The molecule has 0 saturated heterocycles. The average Bonchev–Trinajstić information content (AvgIpc) is 2.83. The molecule has 0 fully saturated rings. The summed E-state index contributed by atoms with van der Waals surface area (Å²) in [6, 6.07) is 10.6. The molecule has 0 saturated carbocycles. The number of aliphatic hydroxyl groups excluding tert-OH is 1.